The minimum atomic E-state index is -1.15. The molecule has 0 fully saturated rings. The topological polar surface area (TPSA) is 69.6 Å². The summed E-state index contributed by atoms with van der Waals surface area (Å²) in [6.07, 6.45) is 3.54. The highest BCUT2D eigenvalue weighted by Crippen LogP contribution is 2.19. The molecule has 5 nitrogen and oxygen atoms in total. The average Bonchev–Trinajstić information content (AvgIpc) is 3.01. The molecule has 2 aromatic heterocycles. The lowest BCUT2D eigenvalue weighted by molar-refractivity contribution is 0.0469. The Morgan fingerprint density at radius 1 is 1.38 bits per heavy atom. The summed E-state index contributed by atoms with van der Waals surface area (Å²) in [5, 5.41) is 1.88. The van der Waals surface area contributed by atoms with Gasteiger partial charge >= 0.3 is 5.97 Å². The Hall–Kier alpha value is -2.48. The van der Waals surface area contributed by atoms with Crippen LogP contribution in [-0.4, -0.2) is 15.4 Å². The summed E-state index contributed by atoms with van der Waals surface area (Å²) in [6.45, 7) is -0.0777. The maximum atomic E-state index is 13.1. The molecule has 21 heavy (non-hydrogen) atoms. The molecule has 0 amide bonds. The van der Waals surface area contributed by atoms with Crippen LogP contribution in [0.4, 0.5) is 14.5 Å². The number of hydrogen-bond acceptors (Lipinski definition) is 5. The third kappa shape index (κ3) is 2.57. The summed E-state index contributed by atoms with van der Waals surface area (Å²) in [5.74, 6) is -3.10. The van der Waals surface area contributed by atoms with Crippen LogP contribution in [0.15, 0.2) is 29.9 Å². The number of anilines is 1. The maximum absolute atomic E-state index is 13.1. The number of esters is 1. The van der Waals surface area contributed by atoms with Gasteiger partial charge < -0.3 is 10.5 Å². The second-order valence-corrected chi connectivity index (χ2v) is 5.13. The number of nitrogens with two attached hydrogens (primary N) is 1. The fraction of sp³-hybridized carbons (Fsp3) is 0.0769. The van der Waals surface area contributed by atoms with Crippen molar-refractivity contribution in [3.8, 4) is 0 Å². The Morgan fingerprint density at radius 3 is 2.90 bits per heavy atom. The maximum Gasteiger partial charge on any atom is 0.340 e. The van der Waals surface area contributed by atoms with Gasteiger partial charge in [0.15, 0.2) is 16.6 Å². The molecular weight excluding hydrogens is 300 g/mol. The Morgan fingerprint density at radius 2 is 2.14 bits per heavy atom. The van der Waals surface area contributed by atoms with Crippen LogP contribution in [0.1, 0.15) is 16.1 Å². The van der Waals surface area contributed by atoms with Crippen molar-refractivity contribution in [2.24, 2.45) is 0 Å². The normalized spacial score (nSPS) is 11.0. The van der Waals surface area contributed by atoms with E-state index >= 15 is 0 Å². The van der Waals surface area contributed by atoms with Gasteiger partial charge in [-0.05, 0) is 6.07 Å². The van der Waals surface area contributed by atoms with Crippen LogP contribution < -0.4 is 5.73 Å². The summed E-state index contributed by atoms with van der Waals surface area (Å²) in [5.41, 5.74) is 5.64. The summed E-state index contributed by atoms with van der Waals surface area (Å²) in [7, 11) is 0. The van der Waals surface area contributed by atoms with Gasteiger partial charge in [-0.1, -0.05) is 0 Å². The van der Waals surface area contributed by atoms with Crippen molar-refractivity contribution < 1.29 is 18.3 Å². The van der Waals surface area contributed by atoms with Crippen molar-refractivity contribution in [3.63, 3.8) is 0 Å². The molecular formula is C13H9F2N3O2S. The number of hydrogen-bond donors (Lipinski definition) is 1. The first-order valence-corrected chi connectivity index (χ1v) is 6.75. The van der Waals surface area contributed by atoms with Gasteiger partial charge in [-0.15, -0.1) is 11.3 Å². The van der Waals surface area contributed by atoms with Crippen LogP contribution in [0.3, 0.4) is 0 Å². The second-order valence-electron chi connectivity index (χ2n) is 4.25. The van der Waals surface area contributed by atoms with E-state index in [0.29, 0.717) is 5.69 Å². The number of ether oxygens (including phenoxy) is 1. The van der Waals surface area contributed by atoms with Crippen molar-refractivity contribution in [2.45, 2.75) is 6.61 Å². The van der Waals surface area contributed by atoms with E-state index < -0.39 is 17.6 Å². The molecule has 0 saturated carbocycles. The highest BCUT2D eigenvalue weighted by atomic mass is 32.1. The van der Waals surface area contributed by atoms with Crippen LogP contribution in [0.25, 0.3) is 4.96 Å². The summed E-state index contributed by atoms with van der Waals surface area (Å²) >= 11 is 1.44. The van der Waals surface area contributed by atoms with E-state index in [0.717, 1.165) is 17.1 Å². The van der Waals surface area contributed by atoms with Crippen molar-refractivity contribution in [1.29, 1.82) is 0 Å². The van der Waals surface area contributed by atoms with E-state index in [-0.39, 0.29) is 17.9 Å². The molecule has 0 atom stereocenters. The summed E-state index contributed by atoms with van der Waals surface area (Å²) < 4.78 is 32.9. The minimum absolute atomic E-state index is 0.0777. The number of benzene rings is 1. The predicted molar refractivity (Wildman–Crippen MR) is 73.0 cm³/mol. The minimum Gasteiger partial charge on any atom is -0.455 e. The van der Waals surface area contributed by atoms with Crippen LogP contribution in [0.2, 0.25) is 0 Å². The van der Waals surface area contributed by atoms with Gasteiger partial charge in [-0.2, -0.15) is 0 Å². The van der Waals surface area contributed by atoms with Gasteiger partial charge in [0.25, 0.3) is 0 Å². The smallest absolute Gasteiger partial charge is 0.340 e. The zero-order valence-corrected chi connectivity index (χ0v) is 11.4. The Kier molecular flexibility index (Phi) is 3.30. The average molecular weight is 309 g/mol. The van der Waals surface area contributed by atoms with Gasteiger partial charge in [0.1, 0.15) is 6.61 Å². The quantitative estimate of drug-likeness (QED) is 0.596. The summed E-state index contributed by atoms with van der Waals surface area (Å²) in [4.78, 5) is 16.8. The third-order valence-electron chi connectivity index (χ3n) is 2.81. The highest BCUT2D eigenvalue weighted by Gasteiger charge is 2.16. The number of nitrogen functional groups attached to an aromatic ring is 1. The first-order valence-electron chi connectivity index (χ1n) is 5.87. The fourth-order valence-corrected chi connectivity index (χ4v) is 2.52. The second kappa shape index (κ2) is 5.13. The van der Waals surface area contributed by atoms with Crippen molar-refractivity contribution in [1.82, 2.24) is 9.38 Å². The monoisotopic (exact) mass is 309 g/mol. The van der Waals surface area contributed by atoms with Crippen LogP contribution in [-0.2, 0) is 11.3 Å². The number of carbonyl (C=O) groups is 1. The van der Waals surface area contributed by atoms with Crippen molar-refractivity contribution >= 4 is 28.0 Å². The molecule has 2 N–H and O–H groups in total. The molecule has 2 heterocycles. The van der Waals surface area contributed by atoms with Gasteiger partial charge in [-0.3, -0.25) is 4.40 Å². The number of rotatable bonds is 3. The SMILES string of the molecule is Nc1cc(F)c(F)cc1C(=O)OCc1cn2ccsc2n1. The molecule has 0 unspecified atom stereocenters. The predicted octanol–water partition coefficient (Wildman–Crippen LogP) is 2.61. The largest absolute Gasteiger partial charge is 0.455 e. The van der Waals surface area contributed by atoms with E-state index in [2.05, 4.69) is 4.98 Å². The zero-order valence-electron chi connectivity index (χ0n) is 10.5. The molecule has 8 heteroatoms. The van der Waals surface area contributed by atoms with Crippen LogP contribution in [0.5, 0.6) is 0 Å². The Labute approximate surface area is 121 Å². The number of imidazole rings is 1. The first kappa shape index (κ1) is 13.5. The van der Waals surface area contributed by atoms with Crippen LogP contribution >= 0.6 is 11.3 Å². The lowest BCUT2D eigenvalue weighted by atomic mass is 10.1. The van der Waals surface area contributed by atoms with Gasteiger partial charge in [0.05, 0.1) is 11.3 Å². The van der Waals surface area contributed by atoms with E-state index in [1.54, 1.807) is 10.6 Å². The van der Waals surface area contributed by atoms with E-state index in [1.807, 2.05) is 11.6 Å². The standard InChI is InChI=1S/C13H9F2N3O2S/c14-9-3-8(11(16)4-10(9)15)12(19)20-6-7-5-18-1-2-21-13(18)17-7/h1-5H,6,16H2. The molecule has 1 aromatic carbocycles. The molecule has 0 saturated heterocycles. The van der Waals surface area contributed by atoms with Crippen molar-refractivity contribution in [3.05, 3.63) is 52.8 Å². The molecule has 0 aliphatic heterocycles. The number of nitrogens with zero attached hydrogens (tertiary/aromatic N) is 2. The lowest BCUT2D eigenvalue weighted by Gasteiger charge is -2.06. The lowest BCUT2D eigenvalue weighted by Crippen LogP contribution is -2.09. The molecule has 0 radical (unpaired) electrons. The Balaban J connectivity index is 1.74. The summed E-state index contributed by atoms with van der Waals surface area (Å²) in [6, 6.07) is 1.47. The van der Waals surface area contributed by atoms with Gasteiger partial charge in [-0.25, -0.2) is 18.6 Å². The number of halogens is 2. The molecule has 0 aliphatic rings. The molecule has 108 valence electrons. The molecule has 0 bridgehead atoms. The van der Waals surface area contributed by atoms with Crippen molar-refractivity contribution in [2.75, 3.05) is 5.73 Å². The van der Waals surface area contributed by atoms with Crippen LogP contribution in [0, 0.1) is 11.6 Å². The Bertz CT molecular complexity index is 800. The fourth-order valence-electron chi connectivity index (χ4n) is 1.80. The number of aromatic nitrogens is 2. The molecule has 3 aromatic rings. The molecule has 3 rings (SSSR count). The zero-order chi connectivity index (χ0) is 15.0. The first-order chi connectivity index (χ1) is 10.0. The third-order valence-corrected chi connectivity index (χ3v) is 3.58. The van der Waals surface area contributed by atoms with E-state index in [1.165, 1.54) is 11.3 Å². The molecule has 0 aliphatic carbocycles. The highest BCUT2D eigenvalue weighted by molar-refractivity contribution is 7.15. The number of thiazole rings is 1. The number of fused-ring (bicyclic) bond motifs is 1. The number of carbonyl (C=O) groups excluding carboxylic acids is 1. The molecule has 0 spiro atoms. The van der Waals surface area contributed by atoms with E-state index in [4.69, 9.17) is 10.5 Å². The van der Waals surface area contributed by atoms with E-state index in [9.17, 15) is 13.6 Å². The van der Waals surface area contributed by atoms with Gasteiger partial charge in [0, 0.05) is 29.5 Å². The van der Waals surface area contributed by atoms with Gasteiger partial charge in [0.2, 0.25) is 0 Å².